The minimum absolute atomic E-state index is 0.0639. The Labute approximate surface area is 89.1 Å². The second-order valence-electron chi connectivity index (χ2n) is 3.52. The zero-order chi connectivity index (χ0) is 12.5. The maximum Gasteiger partial charge on any atom is 0.390 e. The molecule has 0 spiro atoms. The maximum absolute atomic E-state index is 13.4. The number of aryl methyl sites for hydroxylation is 1. The summed E-state index contributed by atoms with van der Waals surface area (Å²) in [5, 5.41) is 0. The Morgan fingerprint density at radius 2 is 1.81 bits per heavy atom. The fraction of sp³-hybridized carbons (Fsp3) is 0.400. The van der Waals surface area contributed by atoms with Gasteiger partial charge in [-0.1, -0.05) is 6.07 Å². The van der Waals surface area contributed by atoms with E-state index >= 15 is 0 Å². The van der Waals surface area contributed by atoms with E-state index in [1.54, 1.807) is 0 Å². The van der Waals surface area contributed by atoms with Gasteiger partial charge in [-0.25, -0.2) is 8.78 Å². The molecule has 0 saturated carbocycles. The highest BCUT2D eigenvalue weighted by Gasteiger charge is 2.33. The van der Waals surface area contributed by atoms with Crippen molar-refractivity contribution < 1.29 is 22.0 Å². The first-order chi connectivity index (χ1) is 7.22. The van der Waals surface area contributed by atoms with Crippen molar-refractivity contribution in [2.75, 3.05) is 0 Å². The predicted molar refractivity (Wildman–Crippen MR) is 48.7 cm³/mol. The van der Waals surface area contributed by atoms with Gasteiger partial charge in [0.2, 0.25) is 0 Å². The Morgan fingerprint density at radius 1 is 1.25 bits per heavy atom. The van der Waals surface area contributed by atoms with Gasteiger partial charge in [0.25, 0.3) is 0 Å². The summed E-state index contributed by atoms with van der Waals surface area (Å²) < 4.78 is 62.7. The van der Waals surface area contributed by atoms with E-state index in [4.69, 9.17) is 5.73 Å². The monoisotopic (exact) mass is 239 g/mol. The van der Waals surface area contributed by atoms with E-state index in [0.29, 0.717) is 0 Å². The lowest BCUT2D eigenvalue weighted by Crippen LogP contribution is -2.22. The molecule has 1 rings (SSSR count). The summed E-state index contributed by atoms with van der Waals surface area (Å²) in [6.07, 6.45) is -6.01. The van der Waals surface area contributed by atoms with Crippen molar-refractivity contribution in [2.24, 2.45) is 5.73 Å². The third kappa shape index (κ3) is 2.91. The van der Waals surface area contributed by atoms with E-state index in [9.17, 15) is 22.0 Å². The van der Waals surface area contributed by atoms with Gasteiger partial charge >= 0.3 is 6.18 Å². The van der Waals surface area contributed by atoms with Gasteiger partial charge in [0, 0.05) is 11.6 Å². The Morgan fingerprint density at radius 3 is 2.31 bits per heavy atom. The van der Waals surface area contributed by atoms with Crippen molar-refractivity contribution in [2.45, 2.75) is 25.6 Å². The summed E-state index contributed by atoms with van der Waals surface area (Å²) in [6.45, 7) is 1.33. The van der Waals surface area contributed by atoms with Crippen molar-refractivity contribution >= 4 is 0 Å². The molecule has 1 nitrogen and oxygen atoms in total. The molecule has 1 aromatic carbocycles. The number of benzene rings is 1. The fourth-order valence-corrected chi connectivity index (χ4v) is 1.37. The molecule has 16 heavy (non-hydrogen) atoms. The molecule has 0 aliphatic carbocycles. The summed E-state index contributed by atoms with van der Waals surface area (Å²) in [6, 6.07) is 0.332. The lowest BCUT2D eigenvalue weighted by Gasteiger charge is -2.16. The molecule has 1 atom stereocenters. The maximum atomic E-state index is 13.4. The highest BCUT2D eigenvalue weighted by molar-refractivity contribution is 5.29. The van der Waals surface area contributed by atoms with E-state index < -0.39 is 35.8 Å². The van der Waals surface area contributed by atoms with Gasteiger partial charge < -0.3 is 5.73 Å². The predicted octanol–water partition coefficient (Wildman–Crippen LogP) is 3.23. The molecule has 0 aliphatic rings. The lowest BCUT2D eigenvalue weighted by atomic mass is 10.0. The molecule has 0 amide bonds. The van der Waals surface area contributed by atoms with E-state index in [-0.39, 0.29) is 5.56 Å². The first kappa shape index (κ1) is 12.9. The number of alkyl halides is 3. The normalized spacial score (nSPS) is 13.9. The number of halogens is 5. The average Bonchev–Trinajstić information content (AvgIpc) is 2.09. The van der Waals surface area contributed by atoms with Crippen LogP contribution in [0.25, 0.3) is 0 Å². The average molecular weight is 239 g/mol. The van der Waals surface area contributed by atoms with Crippen LogP contribution in [0.2, 0.25) is 0 Å². The molecule has 0 aliphatic heterocycles. The molecule has 0 fully saturated rings. The molecular weight excluding hydrogens is 229 g/mol. The molecule has 90 valence electrons. The van der Waals surface area contributed by atoms with Crippen LogP contribution in [0.3, 0.4) is 0 Å². The van der Waals surface area contributed by atoms with Crippen LogP contribution in [-0.2, 0) is 0 Å². The largest absolute Gasteiger partial charge is 0.390 e. The fourth-order valence-electron chi connectivity index (χ4n) is 1.37. The van der Waals surface area contributed by atoms with Gasteiger partial charge in [0.15, 0.2) is 0 Å². The Kier molecular flexibility index (Phi) is 3.52. The van der Waals surface area contributed by atoms with Crippen LogP contribution in [-0.4, -0.2) is 6.18 Å². The summed E-state index contributed by atoms with van der Waals surface area (Å²) in [7, 11) is 0. The first-order valence-electron chi connectivity index (χ1n) is 4.49. The molecule has 2 N–H and O–H groups in total. The molecule has 0 heterocycles. The number of hydrogen-bond acceptors (Lipinski definition) is 1. The quantitative estimate of drug-likeness (QED) is 0.788. The van der Waals surface area contributed by atoms with Crippen molar-refractivity contribution in [1.82, 2.24) is 0 Å². The standard InChI is InChI=1S/C10H10F5N/c1-5-2-3-6(11)8(9(5)12)7(16)4-10(13,14)15/h2-3,7H,4,16H2,1H3/t7-/m1/s1. The zero-order valence-electron chi connectivity index (χ0n) is 8.41. The Balaban J connectivity index is 3.08. The molecule has 0 radical (unpaired) electrons. The molecule has 0 saturated heterocycles. The molecule has 0 bridgehead atoms. The van der Waals surface area contributed by atoms with Crippen molar-refractivity contribution in [3.63, 3.8) is 0 Å². The van der Waals surface area contributed by atoms with Crippen LogP contribution in [0.5, 0.6) is 0 Å². The zero-order valence-corrected chi connectivity index (χ0v) is 8.41. The van der Waals surface area contributed by atoms with Crippen LogP contribution >= 0.6 is 0 Å². The van der Waals surface area contributed by atoms with E-state index in [2.05, 4.69) is 0 Å². The minimum atomic E-state index is -4.55. The summed E-state index contributed by atoms with van der Waals surface area (Å²) in [5.74, 6) is -2.07. The summed E-state index contributed by atoms with van der Waals surface area (Å²) >= 11 is 0. The van der Waals surface area contributed by atoms with Crippen LogP contribution in [0.1, 0.15) is 23.6 Å². The smallest absolute Gasteiger partial charge is 0.323 e. The second kappa shape index (κ2) is 4.37. The molecular formula is C10H10F5N. The van der Waals surface area contributed by atoms with Crippen LogP contribution in [0, 0.1) is 18.6 Å². The van der Waals surface area contributed by atoms with E-state index in [1.165, 1.54) is 6.92 Å². The molecule has 1 aromatic rings. The van der Waals surface area contributed by atoms with Gasteiger partial charge in [0.1, 0.15) is 11.6 Å². The number of hydrogen-bond donors (Lipinski definition) is 1. The van der Waals surface area contributed by atoms with Crippen molar-refractivity contribution in [3.05, 3.63) is 34.9 Å². The second-order valence-corrected chi connectivity index (χ2v) is 3.52. The summed E-state index contributed by atoms with van der Waals surface area (Å²) in [4.78, 5) is 0. The number of rotatable bonds is 2. The van der Waals surface area contributed by atoms with Crippen LogP contribution in [0.15, 0.2) is 12.1 Å². The topological polar surface area (TPSA) is 26.0 Å². The van der Waals surface area contributed by atoms with Gasteiger partial charge in [-0.15, -0.1) is 0 Å². The Bertz CT molecular complexity index is 386. The van der Waals surface area contributed by atoms with Crippen molar-refractivity contribution in [1.29, 1.82) is 0 Å². The summed E-state index contributed by atoms with van der Waals surface area (Å²) in [5.41, 5.74) is 4.50. The van der Waals surface area contributed by atoms with Crippen LogP contribution in [0.4, 0.5) is 22.0 Å². The lowest BCUT2D eigenvalue weighted by molar-refractivity contribution is -0.138. The van der Waals surface area contributed by atoms with E-state index in [1.807, 2.05) is 0 Å². The van der Waals surface area contributed by atoms with Gasteiger partial charge in [0.05, 0.1) is 6.42 Å². The molecule has 0 aromatic heterocycles. The van der Waals surface area contributed by atoms with E-state index in [0.717, 1.165) is 12.1 Å². The third-order valence-corrected chi connectivity index (χ3v) is 2.14. The highest BCUT2D eigenvalue weighted by atomic mass is 19.4. The van der Waals surface area contributed by atoms with Gasteiger partial charge in [-0.3, -0.25) is 0 Å². The molecule has 6 heteroatoms. The third-order valence-electron chi connectivity index (χ3n) is 2.14. The van der Waals surface area contributed by atoms with Gasteiger partial charge in [-0.2, -0.15) is 13.2 Å². The highest BCUT2D eigenvalue weighted by Crippen LogP contribution is 2.31. The SMILES string of the molecule is Cc1ccc(F)c([C@H](N)CC(F)(F)F)c1F. The van der Waals surface area contributed by atoms with Crippen molar-refractivity contribution in [3.8, 4) is 0 Å². The van der Waals surface area contributed by atoms with Gasteiger partial charge in [-0.05, 0) is 18.6 Å². The molecule has 0 unspecified atom stereocenters. The van der Waals surface area contributed by atoms with Crippen LogP contribution < -0.4 is 5.73 Å². The first-order valence-corrected chi connectivity index (χ1v) is 4.49. The Hall–Kier alpha value is -1.17. The minimum Gasteiger partial charge on any atom is -0.323 e. The number of nitrogens with two attached hydrogens (primary N) is 1.